The molecule has 10 heteroatoms. The Morgan fingerprint density at radius 3 is 2.22 bits per heavy atom. The SMILES string of the molecule is CC(=O)Nc1ccc(C)cc1NC(=O)c1ccc(NS(=O)(=O)c2ccc(F)c(Cl)c2)cc1. The predicted molar refractivity (Wildman–Crippen MR) is 122 cm³/mol. The van der Waals surface area contributed by atoms with Gasteiger partial charge >= 0.3 is 0 Å². The van der Waals surface area contributed by atoms with Crippen molar-refractivity contribution in [2.45, 2.75) is 18.7 Å². The molecule has 3 N–H and O–H groups in total. The molecule has 0 atom stereocenters. The van der Waals surface area contributed by atoms with E-state index in [1.54, 1.807) is 18.2 Å². The summed E-state index contributed by atoms with van der Waals surface area (Å²) in [6.45, 7) is 3.22. The normalized spacial score (nSPS) is 11.0. The van der Waals surface area contributed by atoms with Crippen LogP contribution in [0.4, 0.5) is 21.5 Å². The van der Waals surface area contributed by atoms with E-state index in [2.05, 4.69) is 15.4 Å². The highest BCUT2D eigenvalue weighted by molar-refractivity contribution is 7.92. The van der Waals surface area contributed by atoms with E-state index in [1.807, 2.05) is 6.92 Å². The second kappa shape index (κ2) is 9.37. The number of anilines is 3. The molecule has 3 aromatic carbocycles. The predicted octanol–water partition coefficient (Wildman–Crippen LogP) is 4.80. The molecule has 0 aromatic heterocycles. The molecule has 0 fully saturated rings. The third-order valence-electron chi connectivity index (χ3n) is 4.33. The Labute approximate surface area is 189 Å². The molecule has 0 radical (unpaired) electrons. The molecule has 0 bridgehead atoms. The van der Waals surface area contributed by atoms with Crippen molar-refractivity contribution in [3.63, 3.8) is 0 Å². The summed E-state index contributed by atoms with van der Waals surface area (Å²) in [4.78, 5) is 23.8. The van der Waals surface area contributed by atoms with Gasteiger partial charge in [-0.3, -0.25) is 14.3 Å². The zero-order valence-corrected chi connectivity index (χ0v) is 18.6. The molecule has 0 heterocycles. The van der Waals surface area contributed by atoms with Crippen LogP contribution in [0.3, 0.4) is 0 Å². The maximum absolute atomic E-state index is 13.3. The largest absolute Gasteiger partial charge is 0.325 e. The van der Waals surface area contributed by atoms with E-state index in [0.29, 0.717) is 11.4 Å². The summed E-state index contributed by atoms with van der Waals surface area (Å²) in [6, 6.07) is 14.0. The third kappa shape index (κ3) is 5.63. The van der Waals surface area contributed by atoms with Gasteiger partial charge in [-0.2, -0.15) is 0 Å². The molecule has 2 amide bonds. The van der Waals surface area contributed by atoms with Gasteiger partial charge in [0.25, 0.3) is 15.9 Å². The van der Waals surface area contributed by atoms with Crippen molar-refractivity contribution in [2.75, 3.05) is 15.4 Å². The average molecular weight is 476 g/mol. The lowest BCUT2D eigenvalue weighted by atomic mass is 10.1. The maximum atomic E-state index is 13.3. The van der Waals surface area contributed by atoms with Crippen LogP contribution in [-0.4, -0.2) is 20.2 Å². The first-order valence-corrected chi connectivity index (χ1v) is 11.2. The van der Waals surface area contributed by atoms with Crippen LogP contribution in [0.5, 0.6) is 0 Å². The highest BCUT2D eigenvalue weighted by Gasteiger charge is 2.17. The Kier molecular flexibility index (Phi) is 6.81. The van der Waals surface area contributed by atoms with E-state index in [0.717, 1.165) is 23.8 Å². The van der Waals surface area contributed by atoms with E-state index in [4.69, 9.17) is 11.6 Å². The van der Waals surface area contributed by atoms with Crippen LogP contribution in [0, 0.1) is 12.7 Å². The number of carbonyl (C=O) groups excluding carboxylic acids is 2. The first-order valence-electron chi connectivity index (χ1n) is 9.33. The molecular weight excluding hydrogens is 457 g/mol. The Hall–Kier alpha value is -3.43. The fourth-order valence-electron chi connectivity index (χ4n) is 2.80. The van der Waals surface area contributed by atoms with Gasteiger partial charge in [0.05, 0.1) is 21.3 Å². The molecule has 166 valence electrons. The molecular formula is C22H19ClFN3O4S. The lowest BCUT2D eigenvalue weighted by molar-refractivity contribution is -0.114. The van der Waals surface area contributed by atoms with Crippen molar-refractivity contribution in [3.05, 3.63) is 82.6 Å². The van der Waals surface area contributed by atoms with Gasteiger partial charge in [-0.05, 0) is 67.1 Å². The summed E-state index contributed by atoms with van der Waals surface area (Å²) in [5.41, 5.74) is 2.26. The van der Waals surface area contributed by atoms with Crippen LogP contribution < -0.4 is 15.4 Å². The second-order valence-corrected chi connectivity index (χ2v) is 9.03. The van der Waals surface area contributed by atoms with Crippen molar-refractivity contribution >= 4 is 50.5 Å². The van der Waals surface area contributed by atoms with E-state index in [-0.39, 0.29) is 27.1 Å². The number of benzene rings is 3. The Balaban J connectivity index is 1.76. The number of hydrogen-bond donors (Lipinski definition) is 3. The number of nitrogens with one attached hydrogen (secondary N) is 3. The fourth-order valence-corrected chi connectivity index (χ4v) is 4.13. The van der Waals surface area contributed by atoms with E-state index in [9.17, 15) is 22.4 Å². The standard InChI is InChI=1S/C22H19ClFN3O4S/c1-13-3-10-20(25-14(2)28)21(11-13)26-22(29)15-4-6-16(7-5-15)27-32(30,31)17-8-9-19(24)18(23)12-17/h3-12,27H,1-2H3,(H,25,28)(H,26,29). The van der Waals surface area contributed by atoms with Gasteiger partial charge in [0.15, 0.2) is 0 Å². The number of halogens is 2. The summed E-state index contributed by atoms with van der Waals surface area (Å²) >= 11 is 5.66. The van der Waals surface area contributed by atoms with E-state index >= 15 is 0 Å². The summed E-state index contributed by atoms with van der Waals surface area (Å²) < 4.78 is 40.6. The minimum atomic E-state index is -4.00. The number of sulfonamides is 1. The summed E-state index contributed by atoms with van der Waals surface area (Å²) in [5.74, 6) is -1.44. The van der Waals surface area contributed by atoms with Crippen LogP contribution in [0.15, 0.2) is 65.6 Å². The topological polar surface area (TPSA) is 104 Å². The third-order valence-corrected chi connectivity index (χ3v) is 6.00. The van der Waals surface area contributed by atoms with Crippen molar-refractivity contribution < 1.29 is 22.4 Å². The number of aryl methyl sites for hydroxylation is 1. The quantitative estimate of drug-likeness (QED) is 0.476. The molecule has 3 rings (SSSR count). The van der Waals surface area contributed by atoms with Crippen LogP contribution in [0.1, 0.15) is 22.8 Å². The molecule has 32 heavy (non-hydrogen) atoms. The maximum Gasteiger partial charge on any atom is 0.261 e. The van der Waals surface area contributed by atoms with Crippen molar-refractivity contribution in [1.82, 2.24) is 0 Å². The van der Waals surface area contributed by atoms with E-state index in [1.165, 1.54) is 31.2 Å². The zero-order chi connectivity index (χ0) is 23.5. The molecule has 0 saturated carbocycles. The Morgan fingerprint density at radius 2 is 1.59 bits per heavy atom. The molecule has 3 aromatic rings. The fraction of sp³-hybridized carbons (Fsp3) is 0.0909. The van der Waals surface area contributed by atoms with Crippen molar-refractivity contribution in [1.29, 1.82) is 0 Å². The minimum Gasteiger partial charge on any atom is -0.325 e. The number of hydrogen-bond acceptors (Lipinski definition) is 4. The summed E-state index contributed by atoms with van der Waals surface area (Å²) in [5, 5.41) is 5.08. The van der Waals surface area contributed by atoms with Gasteiger partial charge in [0.1, 0.15) is 5.82 Å². The van der Waals surface area contributed by atoms with E-state index < -0.39 is 21.7 Å². The lowest BCUT2D eigenvalue weighted by Crippen LogP contribution is -2.16. The van der Waals surface area contributed by atoms with Crippen LogP contribution >= 0.6 is 11.6 Å². The highest BCUT2D eigenvalue weighted by Crippen LogP contribution is 2.25. The molecule has 0 spiro atoms. The minimum absolute atomic E-state index is 0.198. The van der Waals surface area contributed by atoms with Gasteiger partial charge in [0, 0.05) is 18.2 Å². The molecule has 0 saturated heterocycles. The first-order chi connectivity index (χ1) is 15.0. The number of carbonyl (C=O) groups is 2. The van der Waals surface area contributed by atoms with Crippen molar-refractivity contribution in [2.24, 2.45) is 0 Å². The summed E-state index contributed by atoms with van der Waals surface area (Å²) in [6.07, 6.45) is 0. The molecule has 0 unspecified atom stereocenters. The average Bonchev–Trinajstić information content (AvgIpc) is 2.72. The lowest BCUT2D eigenvalue weighted by Gasteiger charge is -2.13. The molecule has 0 aliphatic heterocycles. The van der Waals surface area contributed by atoms with Crippen LogP contribution in [0.2, 0.25) is 5.02 Å². The van der Waals surface area contributed by atoms with Gasteiger partial charge in [-0.25, -0.2) is 12.8 Å². The Bertz CT molecular complexity index is 1300. The highest BCUT2D eigenvalue weighted by atomic mass is 35.5. The monoisotopic (exact) mass is 475 g/mol. The van der Waals surface area contributed by atoms with Crippen LogP contribution in [-0.2, 0) is 14.8 Å². The molecule has 7 nitrogen and oxygen atoms in total. The zero-order valence-electron chi connectivity index (χ0n) is 17.1. The molecule has 0 aliphatic rings. The van der Waals surface area contributed by atoms with Gasteiger partial charge < -0.3 is 10.6 Å². The second-order valence-electron chi connectivity index (χ2n) is 6.94. The van der Waals surface area contributed by atoms with Crippen LogP contribution in [0.25, 0.3) is 0 Å². The molecule has 0 aliphatic carbocycles. The first kappa shape index (κ1) is 23.2. The number of amides is 2. The summed E-state index contributed by atoms with van der Waals surface area (Å²) in [7, 11) is -4.00. The van der Waals surface area contributed by atoms with Crippen molar-refractivity contribution in [3.8, 4) is 0 Å². The Morgan fingerprint density at radius 1 is 0.906 bits per heavy atom. The van der Waals surface area contributed by atoms with Gasteiger partial charge in [-0.1, -0.05) is 17.7 Å². The smallest absolute Gasteiger partial charge is 0.261 e. The number of rotatable bonds is 6. The van der Waals surface area contributed by atoms with Gasteiger partial charge in [0.2, 0.25) is 5.91 Å². The van der Waals surface area contributed by atoms with Gasteiger partial charge in [-0.15, -0.1) is 0 Å².